The van der Waals surface area contributed by atoms with Crippen molar-refractivity contribution in [2.24, 2.45) is 0 Å². The molecule has 0 spiro atoms. The van der Waals surface area contributed by atoms with E-state index in [9.17, 15) is 9.59 Å². The van der Waals surface area contributed by atoms with Crippen molar-refractivity contribution in [1.29, 1.82) is 0 Å². The lowest BCUT2D eigenvalue weighted by Gasteiger charge is -2.10. The predicted octanol–water partition coefficient (Wildman–Crippen LogP) is 5.02. The van der Waals surface area contributed by atoms with Gasteiger partial charge in [-0.25, -0.2) is 0 Å². The fourth-order valence-electron chi connectivity index (χ4n) is 2.33. The number of hydrogen-bond donors (Lipinski definition) is 2. The SMILES string of the molecule is Cc1ccc(Cl)cc1NC(=O)C(=O)Nc1ccc(Oc2ccccc2)cc1. The smallest absolute Gasteiger partial charge is 0.314 e. The van der Waals surface area contributed by atoms with Crippen LogP contribution in [0.25, 0.3) is 0 Å². The van der Waals surface area contributed by atoms with Crippen LogP contribution in [-0.2, 0) is 9.59 Å². The summed E-state index contributed by atoms with van der Waals surface area (Å²) in [5.41, 5.74) is 1.79. The Labute approximate surface area is 161 Å². The molecule has 0 saturated carbocycles. The molecule has 0 aliphatic carbocycles. The summed E-state index contributed by atoms with van der Waals surface area (Å²) in [5.74, 6) is -0.208. The van der Waals surface area contributed by atoms with Crippen LogP contribution >= 0.6 is 11.6 Å². The molecule has 3 rings (SSSR count). The molecular formula is C21H17ClN2O3. The molecule has 0 radical (unpaired) electrons. The minimum absolute atomic E-state index is 0.477. The molecule has 0 unspecified atom stereocenters. The molecule has 0 atom stereocenters. The molecule has 136 valence electrons. The number of ether oxygens (including phenoxy) is 1. The lowest BCUT2D eigenvalue weighted by molar-refractivity contribution is -0.133. The molecule has 0 bridgehead atoms. The Hall–Kier alpha value is -3.31. The molecule has 27 heavy (non-hydrogen) atoms. The van der Waals surface area contributed by atoms with Crippen molar-refractivity contribution in [2.45, 2.75) is 6.92 Å². The maximum absolute atomic E-state index is 12.1. The van der Waals surface area contributed by atoms with Crippen LogP contribution in [0.2, 0.25) is 5.02 Å². The third-order valence-electron chi connectivity index (χ3n) is 3.75. The predicted molar refractivity (Wildman–Crippen MR) is 106 cm³/mol. The van der Waals surface area contributed by atoms with E-state index in [1.807, 2.05) is 37.3 Å². The van der Waals surface area contributed by atoms with Gasteiger partial charge in [-0.2, -0.15) is 0 Å². The number of carbonyl (C=O) groups excluding carboxylic acids is 2. The van der Waals surface area contributed by atoms with E-state index in [0.717, 1.165) is 5.56 Å². The number of anilines is 2. The Morgan fingerprint density at radius 2 is 1.44 bits per heavy atom. The highest BCUT2D eigenvalue weighted by Gasteiger charge is 2.15. The van der Waals surface area contributed by atoms with Crippen molar-refractivity contribution in [3.63, 3.8) is 0 Å². The second kappa shape index (κ2) is 8.38. The third kappa shape index (κ3) is 5.09. The zero-order valence-electron chi connectivity index (χ0n) is 14.5. The number of para-hydroxylation sites is 1. The molecule has 0 aliphatic heterocycles. The van der Waals surface area contributed by atoms with Gasteiger partial charge in [-0.3, -0.25) is 9.59 Å². The number of rotatable bonds is 4. The Kier molecular flexibility index (Phi) is 5.74. The molecule has 0 heterocycles. The number of nitrogens with one attached hydrogen (secondary N) is 2. The number of amides is 2. The average Bonchev–Trinajstić information content (AvgIpc) is 2.67. The summed E-state index contributed by atoms with van der Waals surface area (Å²) in [6.45, 7) is 1.81. The Bertz CT molecular complexity index is 957. The highest BCUT2D eigenvalue weighted by molar-refractivity contribution is 6.43. The minimum atomic E-state index is -0.773. The normalized spacial score (nSPS) is 10.1. The zero-order chi connectivity index (χ0) is 19.2. The van der Waals surface area contributed by atoms with E-state index < -0.39 is 11.8 Å². The van der Waals surface area contributed by atoms with Gasteiger partial charge in [0, 0.05) is 16.4 Å². The van der Waals surface area contributed by atoms with Crippen molar-refractivity contribution < 1.29 is 14.3 Å². The van der Waals surface area contributed by atoms with Crippen LogP contribution in [0.4, 0.5) is 11.4 Å². The second-order valence-electron chi connectivity index (χ2n) is 5.81. The van der Waals surface area contributed by atoms with Gasteiger partial charge in [-0.05, 0) is 61.0 Å². The number of aryl methyl sites for hydroxylation is 1. The molecule has 0 saturated heterocycles. The van der Waals surface area contributed by atoms with Crippen molar-refractivity contribution >= 4 is 34.8 Å². The fourth-order valence-corrected chi connectivity index (χ4v) is 2.50. The summed E-state index contributed by atoms with van der Waals surface area (Å²) < 4.78 is 5.68. The average molecular weight is 381 g/mol. The van der Waals surface area contributed by atoms with Crippen molar-refractivity contribution in [2.75, 3.05) is 10.6 Å². The first-order valence-corrected chi connectivity index (χ1v) is 8.60. The molecule has 0 fully saturated rings. The number of benzene rings is 3. The van der Waals surface area contributed by atoms with E-state index >= 15 is 0 Å². The maximum Gasteiger partial charge on any atom is 0.314 e. The van der Waals surface area contributed by atoms with Crippen LogP contribution in [0.1, 0.15) is 5.56 Å². The van der Waals surface area contributed by atoms with Crippen molar-refractivity contribution in [1.82, 2.24) is 0 Å². The van der Waals surface area contributed by atoms with Gasteiger partial charge < -0.3 is 15.4 Å². The van der Waals surface area contributed by atoms with Gasteiger partial charge in [0.25, 0.3) is 0 Å². The van der Waals surface area contributed by atoms with E-state index in [0.29, 0.717) is 27.9 Å². The second-order valence-corrected chi connectivity index (χ2v) is 6.24. The largest absolute Gasteiger partial charge is 0.457 e. The third-order valence-corrected chi connectivity index (χ3v) is 3.98. The topological polar surface area (TPSA) is 67.4 Å². The van der Waals surface area contributed by atoms with Crippen molar-refractivity contribution in [3.05, 3.63) is 83.4 Å². The molecule has 3 aromatic rings. The van der Waals surface area contributed by atoms with E-state index in [4.69, 9.17) is 16.3 Å². The fraction of sp³-hybridized carbons (Fsp3) is 0.0476. The minimum Gasteiger partial charge on any atom is -0.457 e. The molecule has 5 nitrogen and oxygen atoms in total. The first kappa shape index (κ1) is 18.5. The highest BCUT2D eigenvalue weighted by Crippen LogP contribution is 2.23. The van der Waals surface area contributed by atoms with Gasteiger partial charge in [0.15, 0.2) is 0 Å². The first-order valence-electron chi connectivity index (χ1n) is 8.23. The Balaban J connectivity index is 1.60. The standard InChI is InChI=1S/C21H17ClN2O3/c1-14-7-8-15(22)13-19(14)24-21(26)20(25)23-16-9-11-18(12-10-16)27-17-5-3-2-4-6-17/h2-13H,1H3,(H,23,25)(H,24,26). The van der Waals surface area contributed by atoms with Gasteiger partial charge >= 0.3 is 11.8 Å². The molecule has 2 amide bonds. The van der Waals surface area contributed by atoms with Gasteiger partial charge in [-0.1, -0.05) is 35.9 Å². The molecule has 2 N–H and O–H groups in total. The summed E-state index contributed by atoms with van der Waals surface area (Å²) >= 11 is 5.92. The molecule has 0 aliphatic rings. The van der Waals surface area contributed by atoms with E-state index in [2.05, 4.69) is 10.6 Å². The lowest BCUT2D eigenvalue weighted by atomic mass is 10.2. The maximum atomic E-state index is 12.1. The van der Waals surface area contributed by atoms with E-state index in [1.165, 1.54) is 0 Å². The Morgan fingerprint density at radius 1 is 0.815 bits per heavy atom. The number of halogens is 1. The van der Waals surface area contributed by atoms with Crippen LogP contribution in [0.15, 0.2) is 72.8 Å². The molecule has 3 aromatic carbocycles. The van der Waals surface area contributed by atoms with Gasteiger partial charge in [-0.15, -0.1) is 0 Å². The van der Waals surface area contributed by atoms with Crippen LogP contribution in [-0.4, -0.2) is 11.8 Å². The molecular weight excluding hydrogens is 364 g/mol. The van der Waals surface area contributed by atoms with Gasteiger partial charge in [0.05, 0.1) is 0 Å². The van der Waals surface area contributed by atoms with Crippen LogP contribution in [0.5, 0.6) is 11.5 Å². The van der Waals surface area contributed by atoms with Crippen molar-refractivity contribution in [3.8, 4) is 11.5 Å². The number of hydrogen-bond acceptors (Lipinski definition) is 3. The summed E-state index contributed by atoms with van der Waals surface area (Å²) in [6, 6.07) is 21.2. The zero-order valence-corrected chi connectivity index (χ0v) is 15.3. The summed E-state index contributed by atoms with van der Waals surface area (Å²) in [5, 5.41) is 5.58. The van der Waals surface area contributed by atoms with Crippen LogP contribution < -0.4 is 15.4 Å². The molecule has 6 heteroatoms. The lowest BCUT2D eigenvalue weighted by Crippen LogP contribution is -2.29. The molecule has 0 aromatic heterocycles. The van der Waals surface area contributed by atoms with Crippen LogP contribution in [0.3, 0.4) is 0 Å². The highest BCUT2D eigenvalue weighted by atomic mass is 35.5. The van der Waals surface area contributed by atoms with Gasteiger partial charge in [0.1, 0.15) is 11.5 Å². The summed E-state index contributed by atoms with van der Waals surface area (Å²) in [6.07, 6.45) is 0. The Morgan fingerprint density at radius 3 is 2.15 bits per heavy atom. The summed E-state index contributed by atoms with van der Waals surface area (Å²) in [4.78, 5) is 24.2. The number of carbonyl (C=O) groups is 2. The van der Waals surface area contributed by atoms with E-state index in [-0.39, 0.29) is 0 Å². The monoisotopic (exact) mass is 380 g/mol. The van der Waals surface area contributed by atoms with Gasteiger partial charge in [0.2, 0.25) is 0 Å². The van der Waals surface area contributed by atoms with E-state index in [1.54, 1.807) is 42.5 Å². The quantitative estimate of drug-likeness (QED) is 0.624. The summed E-state index contributed by atoms with van der Waals surface area (Å²) in [7, 11) is 0. The van der Waals surface area contributed by atoms with Crippen LogP contribution in [0, 0.1) is 6.92 Å². The first-order chi connectivity index (χ1) is 13.0.